The van der Waals surface area contributed by atoms with Gasteiger partial charge >= 0.3 is 5.97 Å². The standard InChI is InChI=1S/C56H77N19O12/c1-34(76)61-22-9-19-56(20-10-23-62-35(2)77,54(87)63-24-18-46(57)78)72-48(80)30-66-49(81)32-75-31-38(73-74-75)16-17-47(79)68-44(27-39-29-60-33-67-39)52(84)70-43(25-36-11-4-3-5-12-36)51(83)69-42(15-8-21-64-55(58)59)50(82)71-45(53(85)86)26-37-28-65-41-14-7-6-13-40(37)41/h3-7,11-14,28-29,31,33,42-45,65H,8-10,15-27,30,32H2,1-2H3,(H2,57,78)(H,60,67)(H,61,76)(H,62,77)(H,63,87)(H,66,81)(H,68,79)(H,69,83)(H,70,84)(H,71,82)(H,72,80)(H,85,86)(H4,58,59,64)/t42-,43+,44-,45-/m0/s1. The molecule has 18 N–H and O–H groups in total. The number of imidazole rings is 1. The summed E-state index contributed by atoms with van der Waals surface area (Å²) in [5.41, 5.74) is 17.5. The summed E-state index contributed by atoms with van der Waals surface area (Å²) in [6, 6.07) is 10.6. The first-order valence-corrected chi connectivity index (χ1v) is 28.2. The number of hydrogen-bond acceptors (Lipinski definition) is 15. The van der Waals surface area contributed by atoms with Crippen LogP contribution < -0.4 is 65.1 Å². The molecule has 468 valence electrons. The normalized spacial score (nSPS) is 12.4. The Kier molecular flexibility index (Phi) is 26.8. The highest BCUT2D eigenvalue weighted by atomic mass is 16.4. The molecule has 3 heterocycles. The molecule has 0 saturated carbocycles. The Morgan fingerprint density at radius 1 is 0.678 bits per heavy atom. The van der Waals surface area contributed by atoms with E-state index in [0.717, 1.165) is 10.9 Å². The van der Waals surface area contributed by atoms with Crippen LogP contribution in [0.1, 0.15) is 87.7 Å². The number of aromatic nitrogens is 6. The van der Waals surface area contributed by atoms with Crippen LogP contribution in [-0.2, 0) is 85.0 Å². The van der Waals surface area contributed by atoms with E-state index in [-0.39, 0.29) is 127 Å². The molecule has 31 heteroatoms. The third kappa shape index (κ3) is 23.7. The molecule has 5 aromatic rings. The lowest BCUT2D eigenvalue weighted by Crippen LogP contribution is -2.61. The zero-order valence-electron chi connectivity index (χ0n) is 48.4. The minimum Gasteiger partial charge on any atom is -0.480 e. The number of aromatic amines is 2. The molecule has 10 amide bonds. The fourth-order valence-corrected chi connectivity index (χ4v) is 9.24. The van der Waals surface area contributed by atoms with Crippen molar-refractivity contribution in [3.63, 3.8) is 0 Å². The van der Waals surface area contributed by atoms with Gasteiger partial charge in [-0.25, -0.2) is 14.5 Å². The monoisotopic (exact) mass is 1210 g/mol. The van der Waals surface area contributed by atoms with Gasteiger partial charge in [0.1, 0.15) is 36.3 Å². The van der Waals surface area contributed by atoms with Gasteiger partial charge in [-0.1, -0.05) is 53.7 Å². The van der Waals surface area contributed by atoms with Gasteiger partial charge < -0.3 is 80.1 Å². The number of nitrogens with zero attached hydrogens (tertiary/aromatic N) is 5. The summed E-state index contributed by atoms with van der Waals surface area (Å²) < 4.78 is 1.17. The summed E-state index contributed by atoms with van der Waals surface area (Å²) in [4.78, 5) is 158. The van der Waals surface area contributed by atoms with Gasteiger partial charge in [-0.15, -0.1) is 5.10 Å². The van der Waals surface area contributed by atoms with Gasteiger partial charge in [0, 0.05) is 114 Å². The molecule has 0 unspecified atom stereocenters. The number of H-pyrrole nitrogens is 2. The van der Waals surface area contributed by atoms with Crippen LogP contribution in [0, 0.1) is 0 Å². The summed E-state index contributed by atoms with van der Waals surface area (Å²) in [7, 11) is 0. The number of guanidine groups is 1. The van der Waals surface area contributed by atoms with Gasteiger partial charge in [0.2, 0.25) is 59.1 Å². The Morgan fingerprint density at radius 2 is 1.32 bits per heavy atom. The molecule has 0 aliphatic rings. The Balaban J connectivity index is 1.23. The van der Waals surface area contributed by atoms with Crippen molar-refractivity contribution in [3.8, 4) is 0 Å². The van der Waals surface area contributed by atoms with Crippen LogP contribution >= 0.6 is 0 Å². The third-order valence-corrected chi connectivity index (χ3v) is 13.6. The van der Waals surface area contributed by atoms with E-state index in [2.05, 4.69) is 78.1 Å². The van der Waals surface area contributed by atoms with Crippen molar-refractivity contribution in [2.75, 3.05) is 32.7 Å². The maximum absolute atomic E-state index is 14.4. The average molecular weight is 1210 g/mol. The second-order valence-electron chi connectivity index (χ2n) is 20.6. The number of rotatable bonds is 38. The fraction of sp³-hybridized carbons (Fsp3) is 0.446. The van der Waals surface area contributed by atoms with Gasteiger partial charge in [-0.3, -0.25) is 52.9 Å². The number of para-hydroxylation sites is 1. The van der Waals surface area contributed by atoms with Gasteiger partial charge in [0.25, 0.3) is 0 Å². The summed E-state index contributed by atoms with van der Waals surface area (Å²) in [6.07, 6.45) is 5.90. The van der Waals surface area contributed by atoms with Crippen LogP contribution in [0.2, 0.25) is 0 Å². The number of aryl methyl sites for hydroxylation is 1. The molecule has 0 aliphatic heterocycles. The predicted molar refractivity (Wildman–Crippen MR) is 315 cm³/mol. The average Bonchev–Trinajstić information content (AvgIpc) is 4.41. The summed E-state index contributed by atoms with van der Waals surface area (Å²) >= 11 is 0. The summed E-state index contributed by atoms with van der Waals surface area (Å²) in [5, 5.41) is 42.9. The quantitative estimate of drug-likeness (QED) is 0.0106. The molecule has 0 fully saturated rings. The molecule has 31 nitrogen and oxygen atoms in total. The van der Waals surface area contributed by atoms with Crippen LogP contribution in [0.15, 0.2) is 84.5 Å². The molecule has 3 aromatic heterocycles. The van der Waals surface area contributed by atoms with Crippen molar-refractivity contribution in [3.05, 3.63) is 102 Å². The maximum Gasteiger partial charge on any atom is 0.326 e. The first-order valence-electron chi connectivity index (χ1n) is 28.2. The number of amides is 10. The third-order valence-electron chi connectivity index (χ3n) is 13.6. The molecule has 0 spiro atoms. The van der Waals surface area contributed by atoms with Gasteiger partial charge in [0.05, 0.1) is 18.6 Å². The topological polar surface area (TPSA) is 482 Å². The number of aliphatic imine (C=N–C) groups is 1. The number of hydrogen-bond donors (Lipinski definition) is 15. The Morgan fingerprint density at radius 3 is 1.97 bits per heavy atom. The summed E-state index contributed by atoms with van der Waals surface area (Å²) in [5.74, 6) is -7.88. The SMILES string of the molecule is CC(=O)NCCCC(CCCNC(C)=O)(NC(=O)CNC(=O)Cn1cc(CCC(=O)N[C@@H](Cc2cnc[nH]2)C(=O)N[C@H](Cc2ccccc2)C(=O)N[C@@H](CCCN=C(N)N)C(=O)N[C@@H](Cc2c[nH]c3ccccc23)C(=O)O)nn1)C(=O)NCCC(N)=O. The molecule has 87 heavy (non-hydrogen) atoms. The second-order valence-corrected chi connectivity index (χ2v) is 20.6. The molecule has 5 rings (SSSR count). The molecule has 2 aromatic carbocycles. The van der Waals surface area contributed by atoms with Crippen molar-refractivity contribution < 1.29 is 57.8 Å². The molecular formula is C56H77N19O12. The van der Waals surface area contributed by atoms with Gasteiger partial charge in [-0.2, -0.15) is 0 Å². The maximum atomic E-state index is 14.4. The van der Waals surface area contributed by atoms with Crippen LogP contribution in [0.4, 0.5) is 0 Å². The van der Waals surface area contributed by atoms with Crippen LogP contribution in [0.25, 0.3) is 10.9 Å². The van der Waals surface area contributed by atoms with Crippen molar-refractivity contribution in [1.82, 2.24) is 77.8 Å². The number of primary amides is 1. The minimum absolute atomic E-state index is 0.0160. The number of nitrogens with two attached hydrogens (primary N) is 3. The van der Waals surface area contributed by atoms with Crippen molar-refractivity contribution in [2.45, 2.75) is 127 Å². The fourth-order valence-electron chi connectivity index (χ4n) is 9.24. The number of benzene rings is 2. The van der Waals surface area contributed by atoms with E-state index in [1.54, 1.807) is 42.6 Å². The Labute approximate surface area is 500 Å². The smallest absolute Gasteiger partial charge is 0.326 e. The van der Waals surface area contributed by atoms with Crippen molar-refractivity contribution in [2.24, 2.45) is 22.2 Å². The number of carbonyl (C=O) groups excluding carboxylic acids is 10. The first kappa shape index (κ1) is 67.6. The van der Waals surface area contributed by atoms with E-state index in [9.17, 15) is 57.8 Å². The molecule has 4 atom stereocenters. The van der Waals surface area contributed by atoms with Crippen molar-refractivity contribution in [1.29, 1.82) is 0 Å². The highest BCUT2D eigenvalue weighted by Gasteiger charge is 2.39. The van der Waals surface area contributed by atoms with E-state index in [1.807, 2.05) is 18.2 Å². The lowest BCUT2D eigenvalue weighted by atomic mass is 9.86. The highest BCUT2D eigenvalue weighted by molar-refractivity contribution is 5.96. The lowest BCUT2D eigenvalue weighted by Gasteiger charge is -2.34. The van der Waals surface area contributed by atoms with Crippen LogP contribution in [0.3, 0.4) is 0 Å². The van der Waals surface area contributed by atoms with E-state index < -0.39 is 96.0 Å². The van der Waals surface area contributed by atoms with E-state index in [1.165, 1.54) is 37.3 Å². The first-order chi connectivity index (χ1) is 41.6. The molecular weight excluding hydrogens is 1130 g/mol. The van der Waals surface area contributed by atoms with E-state index in [4.69, 9.17) is 17.2 Å². The molecule has 0 aliphatic carbocycles. The molecule has 0 saturated heterocycles. The predicted octanol–water partition coefficient (Wildman–Crippen LogP) is -2.98. The number of carboxylic acids is 1. The number of aliphatic carboxylic acids is 1. The summed E-state index contributed by atoms with van der Waals surface area (Å²) in [6.45, 7) is 1.94. The molecule has 0 bridgehead atoms. The van der Waals surface area contributed by atoms with E-state index >= 15 is 0 Å². The van der Waals surface area contributed by atoms with Gasteiger partial charge in [-0.05, 0) is 55.7 Å². The zero-order chi connectivity index (χ0) is 63.3. The Hall–Kier alpha value is -10.2. The minimum atomic E-state index is -1.59. The number of fused-ring (bicyclic) bond motifs is 1. The zero-order valence-corrected chi connectivity index (χ0v) is 48.4. The Bertz CT molecular complexity index is 3160. The van der Waals surface area contributed by atoms with Crippen LogP contribution in [-0.4, -0.2) is 168 Å². The molecule has 0 radical (unpaired) electrons. The van der Waals surface area contributed by atoms with Gasteiger partial charge in [0.15, 0.2) is 5.96 Å². The largest absolute Gasteiger partial charge is 0.480 e. The van der Waals surface area contributed by atoms with E-state index in [0.29, 0.717) is 16.8 Å². The number of carbonyl (C=O) groups is 11. The van der Waals surface area contributed by atoms with Crippen molar-refractivity contribution >= 4 is 81.9 Å². The number of nitrogens with one attached hydrogen (secondary N) is 11. The number of carboxylic acid groups (broad SMARTS) is 1. The second kappa shape index (κ2) is 34.5. The highest BCUT2D eigenvalue weighted by Crippen LogP contribution is 2.22. The lowest BCUT2D eigenvalue weighted by molar-refractivity contribution is -0.142. The van der Waals surface area contributed by atoms with Crippen LogP contribution in [0.5, 0.6) is 0 Å².